The molecule has 2 rings (SSSR count). The Bertz CT molecular complexity index is 691. The third-order valence-corrected chi connectivity index (χ3v) is 2.72. The maximum Gasteiger partial charge on any atom is 0.322 e. The second kappa shape index (κ2) is 5.39. The van der Waals surface area contributed by atoms with E-state index in [2.05, 4.69) is 5.32 Å². The lowest BCUT2D eigenvalue weighted by molar-refractivity contribution is -0.384. The minimum absolute atomic E-state index is 0.0663. The molecule has 2 aromatic rings. The molecule has 2 N–H and O–H groups in total. The number of hydrogen-bond donors (Lipinski definition) is 2. The van der Waals surface area contributed by atoms with Gasteiger partial charge < -0.3 is 15.0 Å². The van der Waals surface area contributed by atoms with Gasteiger partial charge in [-0.15, -0.1) is 0 Å². The van der Waals surface area contributed by atoms with Crippen LogP contribution in [0.25, 0.3) is 10.9 Å². The lowest BCUT2D eigenvalue weighted by Gasteiger charge is -2.05. The van der Waals surface area contributed by atoms with E-state index in [1.54, 1.807) is 18.3 Å². The summed E-state index contributed by atoms with van der Waals surface area (Å²) in [6, 6.07) is 6.08. The first kappa shape index (κ1) is 13.5. The molecule has 0 fully saturated rings. The van der Waals surface area contributed by atoms with Crippen molar-refractivity contribution in [1.82, 2.24) is 9.88 Å². The summed E-state index contributed by atoms with van der Waals surface area (Å²) in [5, 5.41) is 22.2. The summed E-state index contributed by atoms with van der Waals surface area (Å²) in [5.74, 6) is -1.61. The predicted molar refractivity (Wildman–Crippen MR) is 69.2 cm³/mol. The van der Waals surface area contributed by atoms with Crippen LogP contribution in [0, 0.1) is 10.1 Å². The van der Waals surface area contributed by atoms with Crippen LogP contribution >= 0.6 is 0 Å². The summed E-state index contributed by atoms with van der Waals surface area (Å²) in [6.07, 6.45) is 1.62. The first-order valence-corrected chi connectivity index (χ1v) is 5.69. The van der Waals surface area contributed by atoms with Crippen LogP contribution in [0.4, 0.5) is 5.69 Å². The van der Waals surface area contributed by atoms with Gasteiger partial charge in [0.05, 0.1) is 10.4 Å². The highest BCUT2D eigenvalue weighted by atomic mass is 16.6. The van der Waals surface area contributed by atoms with E-state index in [4.69, 9.17) is 5.11 Å². The van der Waals surface area contributed by atoms with Crippen LogP contribution < -0.4 is 5.32 Å². The summed E-state index contributed by atoms with van der Waals surface area (Å²) >= 11 is 0. The fourth-order valence-electron chi connectivity index (χ4n) is 1.81. The number of nitro groups is 1. The molecule has 8 heteroatoms. The second-order valence-corrected chi connectivity index (χ2v) is 4.11. The lowest BCUT2D eigenvalue weighted by atomic mass is 10.2. The first-order valence-electron chi connectivity index (χ1n) is 5.69. The maximum absolute atomic E-state index is 11.5. The maximum atomic E-state index is 11.5. The Labute approximate surface area is 112 Å². The largest absolute Gasteiger partial charge is 0.480 e. The fraction of sp³-hybridized carbons (Fsp3) is 0.167. The van der Waals surface area contributed by atoms with Gasteiger partial charge in [-0.05, 0) is 12.1 Å². The van der Waals surface area contributed by atoms with Crippen LogP contribution in [0.5, 0.6) is 0 Å². The quantitative estimate of drug-likeness (QED) is 0.618. The number of rotatable bonds is 5. The number of carbonyl (C=O) groups excluding carboxylic acids is 1. The van der Waals surface area contributed by atoms with Crippen molar-refractivity contribution >= 4 is 28.5 Å². The van der Waals surface area contributed by atoms with Crippen LogP contribution in [0.2, 0.25) is 0 Å². The number of non-ortho nitro benzene ring substituents is 1. The van der Waals surface area contributed by atoms with Crippen molar-refractivity contribution in [2.24, 2.45) is 0 Å². The molecule has 0 aliphatic rings. The fourth-order valence-corrected chi connectivity index (χ4v) is 1.81. The highest BCUT2D eigenvalue weighted by molar-refractivity contribution is 5.86. The monoisotopic (exact) mass is 277 g/mol. The number of aliphatic carboxylic acids is 1. The SMILES string of the molecule is O=C(O)CNC(=O)Cn1ccc2ccc([N+](=O)[O-])cc21. The van der Waals surface area contributed by atoms with Gasteiger partial charge in [-0.2, -0.15) is 0 Å². The van der Waals surface area contributed by atoms with Gasteiger partial charge in [-0.3, -0.25) is 19.7 Å². The van der Waals surface area contributed by atoms with Gasteiger partial charge in [0.15, 0.2) is 0 Å². The number of nitro benzene ring substituents is 1. The molecule has 104 valence electrons. The number of benzene rings is 1. The molecular weight excluding hydrogens is 266 g/mol. The molecule has 1 amide bonds. The van der Waals surface area contributed by atoms with Gasteiger partial charge >= 0.3 is 5.97 Å². The molecular formula is C12H11N3O5. The number of carbonyl (C=O) groups is 2. The second-order valence-electron chi connectivity index (χ2n) is 4.11. The van der Waals surface area contributed by atoms with E-state index in [1.807, 2.05) is 0 Å². The van der Waals surface area contributed by atoms with Crippen LogP contribution in [0.3, 0.4) is 0 Å². The number of aromatic nitrogens is 1. The molecule has 0 bridgehead atoms. The van der Waals surface area contributed by atoms with Gasteiger partial charge in [0.2, 0.25) is 5.91 Å². The number of carboxylic acid groups (broad SMARTS) is 1. The molecule has 8 nitrogen and oxygen atoms in total. The Kier molecular flexibility index (Phi) is 3.65. The summed E-state index contributed by atoms with van der Waals surface area (Å²) in [5.41, 5.74) is 0.480. The Morgan fingerprint density at radius 2 is 2.10 bits per heavy atom. The Morgan fingerprint density at radius 1 is 1.35 bits per heavy atom. The normalized spacial score (nSPS) is 10.4. The number of fused-ring (bicyclic) bond motifs is 1. The summed E-state index contributed by atoms with van der Waals surface area (Å²) < 4.78 is 1.53. The molecule has 0 aliphatic heterocycles. The molecule has 0 aliphatic carbocycles. The van der Waals surface area contributed by atoms with E-state index in [9.17, 15) is 19.7 Å². The van der Waals surface area contributed by atoms with Crippen LogP contribution in [0.1, 0.15) is 0 Å². The molecule has 0 saturated heterocycles. The zero-order chi connectivity index (χ0) is 14.7. The molecule has 1 aromatic heterocycles. The molecule has 0 atom stereocenters. The predicted octanol–water partition coefficient (Wildman–Crippen LogP) is 0.750. The molecule has 0 radical (unpaired) electrons. The van der Waals surface area contributed by atoms with Crippen LogP contribution in [0.15, 0.2) is 30.5 Å². The Morgan fingerprint density at radius 3 is 2.75 bits per heavy atom. The molecule has 0 saturated carbocycles. The Balaban J connectivity index is 2.21. The number of amides is 1. The molecule has 0 spiro atoms. The zero-order valence-corrected chi connectivity index (χ0v) is 10.3. The van der Waals surface area contributed by atoms with Crippen molar-refractivity contribution < 1.29 is 19.6 Å². The van der Waals surface area contributed by atoms with Gasteiger partial charge in [0, 0.05) is 23.7 Å². The van der Waals surface area contributed by atoms with E-state index < -0.39 is 23.3 Å². The van der Waals surface area contributed by atoms with Crippen LogP contribution in [-0.4, -0.2) is 33.0 Å². The minimum Gasteiger partial charge on any atom is -0.480 e. The van der Waals surface area contributed by atoms with Crippen molar-refractivity contribution in [1.29, 1.82) is 0 Å². The number of carboxylic acids is 1. The Hall–Kier alpha value is -2.90. The average molecular weight is 277 g/mol. The van der Waals surface area contributed by atoms with Crippen LogP contribution in [-0.2, 0) is 16.1 Å². The first-order chi connectivity index (χ1) is 9.47. The zero-order valence-electron chi connectivity index (χ0n) is 10.3. The van der Waals surface area contributed by atoms with Crippen molar-refractivity contribution in [3.63, 3.8) is 0 Å². The van der Waals surface area contributed by atoms with E-state index in [-0.39, 0.29) is 12.2 Å². The highest BCUT2D eigenvalue weighted by Gasteiger charge is 2.11. The van der Waals surface area contributed by atoms with Gasteiger partial charge in [-0.25, -0.2) is 0 Å². The highest BCUT2D eigenvalue weighted by Crippen LogP contribution is 2.21. The third kappa shape index (κ3) is 2.91. The van der Waals surface area contributed by atoms with Gasteiger partial charge in [0.25, 0.3) is 5.69 Å². The molecule has 1 aromatic carbocycles. The smallest absolute Gasteiger partial charge is 0.322 e. The lowest BCUT2D eigenvalue weighted by Crippen LogP contribution is -2.31. The van der Waals surface area contributed by atoms with Gasteiger partial charge in [-0.1, -0.05) is 0 Å². The minimum atomic E-state index is -1.13. The summed E-state index contributed by atoms with van der Waals surface area (Å²) in [4.78, 5) is 32.1. The van der Waals surface area contributed by atoms with E-state index in [1.165, 1.54) is 16.7 Å². The standard InChI is InChI=1S/C12H11N3O5/c16-11(13-6-12(17)18)7-14-4-3-8-1-2-9(15(19)20)5-10(8)14/h1-5H,6-7H2,(H,13,16)(H,17,18). The van der Waals surface area contributed by atoms with Crippen molar-refractivity contribution in [3.8, 4) is 0 Å². The summed E-state index contributed by atoms with van der Waals surface area (Å²) in [6.45, 7) is -0.559. The van der Waals surface area contributed by atoms with Crippen molar-refractivity contribution in [2.75, 3.05) is 6.54 Å². The van der Waals surface area contributed by atoms with Crippen molar-refractivity contribution in [2.45, 2.75) is 6.54 Å². The third-order valence-electron chi connectivity index (χ3n) is 2.72. The van der Waals surface area contributed by atoms with E-state index in [0.29, 0.717) is 5.52 Å². The number of nitrogens with one attached hydrogen (secondary N) is 1. The molecule has 0 unspecified atom stereocenters. The number of nitrogens with zero attached hydrogens (tertiary/aromatic N) is 2. The van der Waals surface area contributed by atoms with E-state index >= 15 is 0 Å². The van der Waals surface area contributed by atoms with Gasteiger partial charge in [0.1, 0.15) is 13.1 Å². The number of hydrogen-bond acceptors (Lipinski definition) is 4. The van der Waals surface area contributed by atoms with Crippen molar-refractivity contribution in [3.05, 3.63) is 40.6 Å². The van der Waals surface area contributed by atoms with E-state index in [0.717, 1.165) is 5.39 Å². The molecule has 1 heterocycles. The molecule has 20 heavy (non-hydrogen) atoms. The summed E-state index contributed by atoms with van der Waals surface area (Å²) in [7, 11) is 0. The average Bonchev–Trinajstić information content (AvgIpc) is 2.79. The topological polar surface area (TPSA) is 114 Å².